The molecule has 19 heavy (non-hydrogen) atoms. The summed E-state index contributed by atoms with van der Waals surface area (Å²) in [5.41, 5.74) is 3.78. The van der Waals surface area contributed by atoms with Crippen LogP contribution < -0.4 is 14.8 Å². The zero-order valence-electron chi connectivity index (χ0n) is 11.2. The summed E-state index contributed by atoms with van der Waals surface area (Å²) in [6, 6.07) is 5.81. The molecule has 0 aliphatic rings. The van der Waals surface area contributed by atoms with E-state index in [0.717, 1.165) is 22.9 Å². The van der Waals surface area contributed by atoms with E-state index in [0.29, 0.717) is 19.8 Å². The lowest BCUT2D eigenvalue weighted by Gasteiger charge is -2.13. The molecule has 0 spiro atoms. The van der Waals surface area contributed by atoms with Crippen LogP contribution in [0.15, 0.2) is 29.1 Å². The Balaban J connectivity index is 2.11. The molecule has 0 saturated heterocycles. The number of hydrogen-bond acceptors (Lipinski definition) is 5. The number of aromatic nitrogens is 1. The maximum absolute atomic E-state index is 5.60. The highest BCUT2D eigenvalue weighted by atomic mass is 32.1. The molecule has 1 aromatic heterocycles. The summed E-state index contributed by atoms with van der Waals surface area (Å²) in [5.74, 6) is 1.67. The minimum Gasteiger partial charge on any atom is -0.494 e. The van der Waals surface area contributed by atoms with Crippen molar-refractivity contribution in [2.75, 3.05) is 18.5 Å². The molecule has 0 aliphatic heterocycles. The van der Waals surface area contributed by atoms with Crippen molar-refractivity contribution in [2.45, 2.75) is 20.4 Å². The highest BCUT2D eigenvalue weighted by Crippen LogP contribution is 2.29. The van der Waals surface area contributed by atoms with Crippen molar-refractivity contribution in [3.8, 4) is 11.5 Å². The zero-order chi connectivity index (χ0) is 13.5. The maximum atomic E-state index is 5.60. The van der Waals surface area contributed by atoms with Crippen molar-refractivity contribution in [1.82, 2.24) is 4.98 Å². The van der Waals surface area contributed by atoms with Gasteiger partial charge in [-0.3, -0.25) is 0 Å². The minimum atomic E-state index is 0.638. The van der Waals surface area contributed by atoms with Crippen molar-refractivity contribution in [3.05, 3.63) is 34.8 Å². The van der Waals surface area contributed by atoms with Crippen LogP contribution in [-0.2, 0) is 6.54 Å². The van der Waals surface area contributed by atoms with Crippen LogP contribution in [0.4, 0.5) is 5.69 Å². The Labute approximate surface area is 117 Å². The van der Waals surface area contributed by atoms with Gasteiger partial charge < -0.3 is 14.8 Å². The van der Waals surface area contributed by atoms with E-state index >= 15 is 0 Å². The van der Waals surface area contributed by atoms with Gasteiger partial charge in [-0.1, -0.05) is 0 Å². The fourth-order valence-corrected chi connectivity index (χ4v) is 2.25. The lowest BCUT2D eigenvalue weighted by Crippen LogP contribution is -2.03. The van der Waals surface area contributed by atoms with E-state index in [-0.39, 0.29) is 0 Å². The number of ether oxygens (including phenoxy) is 2. The largest absolute Gasteiger partial charge is 0.494 e. The van der Waals surface area contributed by atoms with Gasteiger partial charge in [0.2, 0.25) is 0 Å². The Morgan fingerprint density at radius 1 is 1.21 bits per heavy atom. The van der Waals surface area contributed by atoms with Crippen molar-refractivity contribution in [3.63, 3.8) is 0 Å². The molecule has 0 radical (unpaired) electrons. The first-order chi connectivity index (χ1) is 9.33. The Hall–Kier alpha value is -1.75. The van der Waals surface area contributed by atoms with Crippen LogP contribution in [0.1, 0.15) is 19.5 Å². The highest BCUT2D eigenvalue weighted by Gasteiger charge is 2.06. The Morgan fingerprint density at radius 3 is 2.74 bits per heavy atom. The van der Waals surface area contributed by atoms with Gasteiger partial charge in [0.05, 0.1) is 36.7 Å². The molecule has 0 fully saturated rings. The molecule has 2 rings (SSSR count). The lowest BCUT2D eigenvalue weighted by molar-refractivity contribution is 0.332. The topological polar surface area (TPSA) is 43.4 Å². The average Bonchev–Trinajstić information content (AvgIpc) is 2.92. The first-order valence-electron chi connectivity index (χ1n) is 6.34. The summed E-state index contributed by atoms with van der Waals surface area (Å²) in [4.78, 5) is 4.25. The summed E-state index contributed by atoms with van der Waals surface area (Å²) in [6.45, 7) is 5.91. The van der Waals surface area contributed by atoms with Crippen LogP contribution >= 0.6 is 11.3 Å². The first-order valence-corrected chi connectivity index (χ1v) is 7.28. The molecular formula is C14H18N2O2S. The van der Waals surface area contributed by atoms with E-state index in [1.807, 2.05) is 42.9 Å². The van der Waals surface area contributed by atoms with Gasteiger partial charge in [-0.25, -0.2) is 4.98 Å². The first kappa shape index (κ1) is 13.7. The predicted molar refractivity (Wildman–Crippen MR) is 78.2 cm³/mol. The van der Waals surface area contributed by atoms with Gasteiger partial charge >= 0.3 is 0 Å². The number of anilines is 1. The van der Waals surface area contributed by atoms with Crippen molar-refractivity contribution in [2.24, 2.45) is 0 Å². The summed E-state index contributed by atoms with van der Waals surface area (Å²) < 4.78 is 11.1. The number of nitrogens with one attached hydrogen (secondary N) is 1. The Kier molecular flexibility index (Phi) is 5.03. The molecular weight excluding hydrogens is 260 g/mol. The summed E-state index contributed by atoms with van der Waals surface area (Å²) >= 11 is 1.59. The standard InChI is InChI=1S/C14H18N2O2S/c1-3-17-12-5-6-14(18-4-2)13(7-12)15-8-11-9-19-10-16-11/h5-7,9-10,15H,3-4,8H2,1-2H3. The van der Waals surface area contributed by atoms with Gasteiger partial charge in [-0.15, -0.1) is 11.3 Å². The molecule has 2 aromatic rings. The molecule has 0 aliphatic carbocycles. The lowest BCUT2D eigenvalue weighted by atomic mass is 10.2. The van der Waals surface area contributed by atoms with Crippen molar-refractivity contribution < 1.29 is 9.47 Å². The van der Waals surface area contributed by atoms with Crippen molar-refractivity contribution >= 4 is 17.0 Å². The third-order valence-electron chi connectivity index (χ3n) is 2.51. The third-order valence-corrected chi connectivity index (χ3v) is 3.14. The second kappa shape index (κ2) is 6.99. The fourth-order valence-electron chi connectivity index (χ4n) is 1.70. The fraction of sp³-hybridized carbons (Fsp3) is 0.357. The van der Waals surface area contributed by atoms with Crippen LogP contribution in [0.3, 0.4) is 0 Å². The summed E-state index contributed by atoms with van der Waals surface area (Å²) in [7, 11) is 0. The Morgan fingerprint density at radius 2 is 2.05 bits per heavy atom. The van der Waals surface area contributed by atoms with Crippen LogP contribution in [0.25, 0.3) is 0 Å². The average molecular weight is 278 g/mol. The minimum absolute atomic E-state index is 0.638. The summed E-state index contributed by atoms with van der Waals surface area (Å²) in [6.07, 6.45) is 0. The molecule has 102 valence electrons. The van der Waals surface area contributed by atoms with E-state index < -0.39 is 0 Å². The van der Waals surface area contributed by atoms with Crippen LogP contribution in [0.5, 0.6) is 11.5 Å². The number of nitrogens with zero attached hydrogens (tertiary/aromatic N) is 1. The molecule has 4 nitrogen and oxygen atoms in total. The maximum Gasteiger partial charge on any atom is 0.142 e. The molecule has 0 saturated carbocycles. The smallest absolute Gasteiger partial charge is 0.142 e. The highest BCUT2D eigenvalue weighted by molar-refractivity contribution is 7.07. The SMILES string of the molecule is CCOc1ccc(OCC)c(NCc2cscn2)c1. The molecule has 5 heteroatoms. The van der Waals surface area contributed by atoms with E-state index in [1.165, 1.54) is 0 Å². The summed E-state index contributed by atoms with van der Waals surface area (Å²) in [5, 5.41) is 5.37. The monoisotopic (exact) mass is 278 g/mol. The van der Waals surface area contributed by atoms with E-state index in [9.17, 15) is 0 Å². The van der Waals surface area contributed by atoms with Gasteiger partial charge in [-0.05, 0) is 26.0 Å². The predicted octanol–water partition coefficient (Wildman–Crippen LogP) is 3.55. The molecule has 0 amide bonds. The Bertz CT molecular complexity index is 500. The zero-order valence-corrected chi connectivity index (χ0v) is 12.0. The molecule has 0 unspecified atom stereocenters. The third kappa shape index (κ3) is 3.86. The molecule has 0 atom stereocenters. The number of hydrogen-bond donors (Lipinski definition) is 1. The van der Waals surface area contributed by atoms with Gasteiger partial charge in [0.1, 0.15) is 11.5 Å². The van der Waals surface area contributed by atoms with Gasteiger partial charge in [-0.2, -0.15) is 0 Å². The van der Waals surface area contributed by atoms with Crippen molar-refractivity contribution in [1.29, 1.82) is 0 Å². The molecule has 1 N–H and O–H groups in total. The molecule has 1 aromatic carbocycles. The number of rotatable bonds is 7. The van der Waals surface area contributed by atoms with Gasteiger partial charge in [0.15, 0.2) is 0 Å². The second-order valence-corrected chi connectivity index (χ2v) is 4.58. The van der Waals surface area contributed by atoms with E-state index in [1.54, 1.807) is 11.3 Å². The molecule has 0 bridgehead atoms. The van der Waals surface area contributed by atoms with E-state index in [4.69, 9.17) is 9.47 Å². The quantitative estimate of drug-likeness (QED) is 0.841. The van der Waals surface area contributed by atoms with Gasteiger partial charge in [0, 0.05) is 11.4 Å². The number of thiazole rings is 1. The van der Waals surface area contributed by atoms with Crippen LogP contribution in [-0.4, -0.2) is 18.2 Å². The van der Waals surface area contributed by atoms with E-state index in [2.05, 4.69) is 10.3 Å². The van der Waals surface area contributed by atoms with Gasteiger partial charge in [0.25, 0.3) is 0 Å². The molecule has 1 heterocycles. The number of benzene rings is 1. The van der Waals surface area contributed by atoms with Crippen LogP contribution in [0.2, 0.25) is 0 Å². The normalized spacial score (nSPS) is 10.2. The van der Waals surface area contributed by atoms with Crippen LogP contribution in [0, 0.1) is 0 Å². The second-order valence-electron chi connectivity index (χ2n) is 3.86.